The number of ether oxygens (including phenoxy) is 4. The molecule has 1 saturated heterocycles. The monoisotopic (exact) mass is 385 g/mol. The first kappa shape index (κ1) is 18.3. The van der Waals surface area contributed by atoms with Gasteiger partial charge in [0.25, 0.3) is 5.91 Å². The molecule has 1 fully saturated rings. The maximum Gasteiger partial charge on any atom is 0.316 e. The van der Waals surface area contributed by atoms with Crippen molar-refractivity contribution in [3.05, 3.63) is 36.7 Å². The van der Waals surface area contributed by atoms with Crippen LogP contribution in [-0.4, -0.2) is 59.3 Å². The number of methoxy groups -OCH3 is 1. The van der Waals surface area contributed by atoms with E-state index in [4.69, 9.17) is 18.9 Å². The van der Waals surface area contributed by atoms with E-state index >= 15 is 0 Å². The van der Waals surface area contributed by atoms with Crippen LogP contribution in [0.4, 0.5) is 0 Å². The molecule has 0 aliphatic carbocycles. The van der Waals surface area contributed by atoms with Gasteiger partial charge in [-0.3, -0.25) is 4.79 Å². The van der Waals surface area contributed by atoms with Crippen LogP contribution in [0.25, 0.3) is 0 Å². The lowest BCUT2D eigenvalue weighted by atomic mass is 10.1. The number of carbonyl (C=O) groups is 1. The lowest BCUT2D eigenvalue weighted by Crippen LogP contribution is -2.53. The smallest absolute Gasteiger partial charge is 0.316 e. The molecule has 2 unspecified atom stereocenters. The first-order valence-corrected chi connectivity index (χ1v) is 9.38. The number of hydrogen-bond acceptors (Lipinski definition) is 7. The number of rotatable bonds is 4. The number of nitrogens with zero attached hydrogens (tertiary/aromatic N) is 3. The molecule has 2 atom stereocenters. The van der Waals surface area contributed by atoms with Gasteiger partial charge < -0.3 is 23.8 Å². The highest BCUT2D eigenvalue weighted by atomic mass is 16.6. The first-order chi connectivity index (χ1) is 13.6. The summed E-state index contributed by atoms with van der Waals surface area (Å²) in [5, 5.41) is 0. The normalized spacial score (nSPS) is 21.9. The number of carbonyl (C=O) groups excluding carboxylic acids is 1. The van der Waals surface area contributed by atoms with E-state index < -0.39 is 6.10 Å². The minimum atomic E-state index is -0.641. The molecule has 28 heavy (non-hydrogen) atoms. The van der Waals surface area contributed by atoms with Crippen LogP contribution in [0.2, 0.25) is 0 Å². The number of aromatic nitrogens is 2. The van der Waals surface area contributed by atoms with Crippen molar-refractivity contribution in [2.24, 2.45) is 0 Å². The number of likely N-dealkylation sites (tertiary alicyclic amines) is 1. The lowest BCUT2D eigenvalue weighted by molar-refractivity contribution is -0.146. The molecule has 1 amide bonds. The summed E-state index contributed by atoms with van der Waals surface area (Å²) < 4.78 is 22.6. The largest absolute Gasteiger partial charge is 0.494 e. The number of benzene rings is 1. The van der Waals surface area contributed by atoms with Crippen molar-refractivity contribution in [3.8, 4) is 23.3 Å². The zero-order valence-corrected chi connectivity index (χ0v) is 15.9. The van der Waals surface area contributed by atoms with E-state index in [1.165, 1.54) is 0 Å². The molecule has 148 valence electrons. The Balaban J connectivity index is 1.32. The molecule has 2 aliphatic heterocycles. The number of hydrogen-bond donors (Lipinski definition) is 0. The van der Waals surface area contributed by atoms with E-state index in [1.54, 1.807) is 19.5 Å². The zero-order valence-electron chi connectivity index (χ0n) is 15.9. The Morgan fingerprint density at radius 1 is 1.11 bits per heavy atom. The highest BCUT2D eigenvalue weighted by Gasteiger charge is 2.38. The number of piperidine rings is 1. The van der Waals surface area contributed by atoms with E-state index in [-0.39, 0.29) is 18.1 Å². The number of para-hydroxylation sites is 2. The molecule has 0 bridgehead atoms. The van der Waals surface area contributed by atoms with Crippen molar-refractivity contribution in [1.29, 1.82) is 0 Å². The Hall–Kier alpha value is -3.03. The maximum atomic E-state index is 13.0. The summed E-state index contributed by atoms with van der Waals surface area (Å²) in [5.41, 5.74) is 0. The predicted octanol–water partition coefficient (Wildman–Crippen LogP) is 2.08. The van der Waals surface area contributed by atoms with Gasteiger partial charge >= 0.3 is 6.01 Å². The quantitative estimate of drug-likeness (QED) is 0.797. The van der Waals surface area contributed by atoms with Gasteiger partial charge in [-0.15, -0.1) is 0 Å². The Morgan fingerprint density at radius 3 is 2.39 bits per heavy atom. The minimum Gasteiger partial charge on any atom is -0.494 e. The molecular weight excluding hydrogens is 362 g/mol. The summed E-state index contributed by atoms with van der Waals surface area (Å²) >= 11 is 0. The van der Waals surface area contributed by atoms with Crippen LogP contribution in [-0.2, 0) is 4.79 Å². The van der Waals surface area contributed by atoms with E-state index in [2.05, 4.69) is 9.97 Å². The number of fused-ring (bicyclic) bond motifs is 1. The number of amides is 1. The molecule has 1 aromatic heterocycles. The predicted molar refractivity (Wildman–Crippen MR) is 99.8 cm³/mol. The summed E-state index contributed by atoms with van der Waals surface area (Å²) in [7, 11) is 1.56. The van der Waals surface area contributed by atoms with Crippen molar-refractivity contribution < 1.29 is 23.7 Å². The molecular formula is C20H23N3O5. The van der Waals surface area contributed by atoms with Crippen molar-refractivity contribution in [2.75, 3.05) is 20.2 Å². The topological polar surface area (TPSA) is 83.0 Å². The third-order valence-corrected chi connectivity index (χ3v) is 4.95. The zero-order chi connectivity index (χ0) is 19.5. The van der Waals surface area contributed by atoms with E-state index in [9.17, 15) is 4.79 Å². The Morgan fingerprint density at radius 2 is 1.75 bits per heavy atom. The molecule has 2 aliphatic rings. The van der Waals surface area contributed by atoms with Gasteiger partial charge in [-0.1, -0.05) is 12.1 Å². The second-order valence-corrected chi connectivity index (χ2v) is 6.86. The van der Waals surface area contributed by atoms with Gasteiger partial charge in [-0.2, -0.15) is 9.97 Å². The second-order valence-electron chi connectivity index (χ2n) is 6.86. The average molecular weight is 385 g/mol. The minimum absolute atomic E-state index is 0.0286. The van der Waals surface area contributed by atoms with Crippen LogP contribution < -0.4 is 18.9 Å². The fourth-order valence-electron chi connectivity index (χ4n) is 3.38. The molecule has 0 saturated carbocycles. The van der Waals surface area contributed by atoms with Crippen LogP contribution >= 0.6 is 0 Å². The standard InChI is InChI=1S/C20H23N3O5/c1-13-18(28-17-6-4-3-5-16(17)26-13)19(24)23-9-7-14(8-10-23)27-20-21-11-15(25-2)12-22-20/h3-6,11-14,18H,7-10H2,1-2H3. The summed E-state index contributed by atoms with van der Waals surface area (Å²) in [6.07, 6.45) is 3.54. The van der Waals surface area contributed by atoms with E-state index in [1.807, 2.05) is 36.1 Å². The molecule has 8 heteroatoms. The molecule has 0 spiro atoms. The van der Waals surface area contributed by atoms with Crippen LogP contribution in [0.5, 0.6) is 23.3 Å². The van der Waals surface area contributed by atoms with Crippen molar-refractivity contribution in [1.82, 2.24) is 14.9 Å². The second kappa shape index (κ2) is 7.92. The van der Waals surface area contributed by atoms with Gasteiger partial charge in [0, 0.05) is 25.9 Å². The third kappa shape index (κ3) is 3.81. The summed E-state index contributed by atoms with van der Waals surface area (Å²) in [6, 6.07) is 7.73. The molecule has 0 N–H and O–H groups in total. The van der Waals surface area contributed by atoms with Crippen molar-refractivity contribution in [2.45, 2.75) is 38.1 Å². The fourth-order valence-corrected chi connectivity index (χ4v) is 3.38. The average Bonchev–Trinajstić information content (AvgIpc) is 2.74. The molecule has 8 nitrogen and oxygen atoms in total. The molecule has 2 aromatic rings. The SMILES string of the molecule is COc1cnc(OC2CCN(C(=O)C3Oc4ccccc4OC3C)CC2)nc1. The van der Waals surface area contributed by atoms with Gasteiger partial charge in [-0.25, -0.2) is 0 Å². The molecule has 4 rings (SSSR count). The third-order valence-electron chi connectivity index (χ3n) is 4.95. The highest BCUT2D eigenvalue weighted by Crippen LogP contribution is 2.34. The van der Waals surface area contributed by atoms with E-state index in [0.29, 0.717) is 49.2 Å². The Bertz CT molecular complexity index is 821. The fraction of sp³-hybridized carbons (Fsp3) is 0.450. The Labute approximate surface area is 163 Å². The lowest BCUT2D eigenvalue weighted by Gasteiger charge is -2.37. The van der Waals surface area contributed by atoms with Crippen molar-refractivity contribution >= 4 is 5.91 Å². The Kier molecular flexibility index (Phi) is 5.18. The van der Waals surface area contributed by atoms with Crippen LogP contribution in [0.15, 0.2) is 36.7 Å². The van der Waals surface area contributed by atoms with Crippen molar-refractivity contribution in [3.63, 3.8) is 0 Å². The van der Waals surface area contributed by atoms with E-state index in [0.717, 1.165) is 0 Å². The summed E-state index contributed by atoms with van der Waals surface area (Å²) in [4.78, 5) is 23.0. The van der Waals surface area contributed by atoms with Gasteiger partial charge in [0.1, 0.15) is 12.2 Å². The van der Waals surface area contributed by atoms with Gasteiger partial charge in [-0.05, 0) is 19.1 Å². The van der Waals surface area contributed by atoms with Gasteiger partial charge in [0.05, 0.1) is 19.5 Å². The van der Waals surface area contributed by atoms with Gasteiger partial charge in [0.2, 0.25) is 6.10 Å². The highest BCUT2D eigenvalue weighted by molar-refractivity contribution is 5.82. The van der Waals surface area contributed by atoms with Crippen LogP contribution in [0.1, 0.15) is 19.8 Å². The van der Waals surface area contributed by atoms with Crippen LogP contribution in [0.3, 0.4) is 0 Å². The molecule has 3 heterocycles. The van der Waals surface area contributed by atoms with Gasteiger partial charge in [0.15, 0.2) is 17.2 Å². The summed E-state index contributed by atoms with van der Waals surface area (Å²) in [5.74, 6) is 1.80. The molecule has 1 aromatic carbocycles. The van der Waals surface area contributed by atoms with Crippen LogP contribution in [0, 0.1) is 0 Å². The molecule has 0 radical (unpaired) electrons. The maximum absolute atomic E-state index is 13.0. The summed E-state index contributed by atoms with van der Waals surface area (Å²) in [6.45, 7) is 3.04. The first-order valence-electron chi connectivity index (χ1n) is 9.38.